The average molecular weight is 251 g/mol. The zero-order valence-electron chi connectivity index (χ0n) is 9.23. The van der Waals surface area contributed by atoms with E-state index in [1.54, 1.807) is 0 Å². The Hall–Kier alpha value is -1.57. The van der Waals surface area contributed by atoms with Gasteiger partial charge in [-0.2, -0.15) is 13.2 Å². The first-order chi connectivity index (χ1) is 7.72. The molecule has 1 aromatic rings. The molecule has 0 radical (unpaired) electrons. The number of halogens is 3. The van der Waals surface area contributed by atoms with E-state index in [2.05, 4.69) is 10.1 Å². The highest BCUT2D eigenvalue weighted by Gasteiger charge is 2.57. The summed E-state index contributed by atoms with van der Waals surface area (Å²) < 4.78 is 39.8. The van der Waals surface area contributed by atoms with E-state index < -0.39 is 24.0 Å². The van der Waals surface area contributed by atoms with Gasteiger partial charge in [0.15, 0.2) is 0 Å². The van der Waals surface area contributed by atoms with Gasteiger partial charge in [0, 0.05) is 25.9 Å². The molecule has 2 N–H and O–H groups in total. The topological polar surface area (TPSA) is 70.6 Å². The molecule has 0 aliphatic heterocycles. The predicted molar refractivity (Wildman–Crippen MR) is 52.7 cm³/mol. The van der Waals surface area contributed by atoms with Gasteiger partial charge in [0.25, 0.3) is 0 Å². The summed E-state index contributed by atoms with van der Waals surface area (Å²) in [5.41, 5.74) is -3.41. The molecule has 1 aromatic heterocycles. The van der Waals surface area contributed by atoms with Crippen LogP contribution < -0.4 is 0 Å². The molecular formula is C9H12F3N3O2. The molecule has 0 spiro atoms. The summed E-state index contributed by atoms with van der Waals surface area (Å²) in [5, 5.41) is 20.8. The second kappa shape index (κ2) is 4.36. The third-order valence-electron chi connectivity index (χ3n) is 2.34. The fraction of sp³-hybridized carbons (Fsp3) is 0.556. The number of oxime groups is 1. The smallest absolute Gasteiger partial charge is 0.411 e. The Morgan fingerprint density at radius 3 is 2.47 bits per heavy atom. The van der Waals surface area contributed by atoms with Crippen molar-refractivity contribution in [3.63, 3.8) is 0 Å². The Bertz CT molecular complexity index is 427. The lowest BCUT2D eigenvalue weighted by molar-refractivity contribution is -0.267. The van der Waals surface area contributed by atoms with Crippen LogP contribution in [-0.2, 0) is 12.6 Å². The van der Waals surface area contributed by atoms with Crippen molar-refractivity contribution in [3.8, 4) is 0 Å². The first kappa shape index (κ1) is 13.5. The standard InChI is InChI=1S/C9H12F3N3O2/c1-6(14-17)5-8(16,9(10,11)12)7-13-3-4-15(7)2/h3-4,16-17H,5H2,1-2H3. The lowest BCUT2D eigenvalue weighted by Crippen LogP contribution is -2.45. The van der Waals surface area contributed by atoms with Crippen molar-refractivity contribution < 1.29 is 23.5 Å². The zero-order valence-corrected chi connectivity index (χ0v) is 9.23. The number of rotatable bonds is 3. The van der Waals surface area contributed by atoms with Gasteiger partial charge >= 0.3 is 6.18 Å². The number of alkyl halides is 3. The number of hydrogen-bond acceptors (Lipinski definition) is 4. The molecule has 0 aromatic carbocycles. The van der Waals surface area contributed by atoms with Gasteiger partial charge in [0.1, 0.15) is 5.82 Å². The Morgan fingerprint density at radius 1 is 1.53 bits per heavy atom. The lowest BCUT2D eigenvalue weighted by atomic mass is 9.95. The van der Waals surface area contributed by atoms with Crippen LogP contribution in [0, 0.1) is 0 Å². The van der Waals surface area contributed by atoms with Crippen LogP contribution in [-0.4, -0.2) is 31.8 Å². The van der Waals surface area contributed by atoms with Crippen LogP contribution in [0.2, 0.25) is 0 Å². The van der Waals surface area contributed by atoms with E-state index >= 15 is 0 Å². The minimum absolute atomic E-state index is 0.243. The van der Waals surface area contributed by atoms with E-state index in [1.807, 2.05) is 0 Å². The molecular weight excluding hydrogens is 239 g/mol. The minimum atomic E-state index is -4.92. The highest BCUT2D eigenvalue weighted by atomic mass is 19.4. The summed E-state index contributed by atoms with van der Waals surface area (Å²) in [6.45, 7) is 1.18. The maximum atomic E-state index is 12.9. The van der Waals surface area contributed by atoms with Crippen molar-refractivity contribution in [2.45, 2.75) is 25.1 Å². The average Bonchev–Trinajstić information content (AvgIpc) is 2.62. The molecule has 1 unspecified atom stereocenters. The number of aliphatic hydroxyl groups is 1. The molecule has 1 rings (SSSR count). The van der Waals surface area contributed by atoms with Crippen LogP contribution >= 0.6 is 0 Å². The minimum Gasteiger partial charge on any atom is -0.411 e. The molecule has 0 saturated carbocycles. The van der Waals surface area contributed by atoms with Crippen LogP contribution in [0.4, 0.5) is 13.2 Å². The van der Waals surface area contributed by atoms with E-state index in [1.165, 1.54) is 20.2 Å². The van der Waals surface area contributed by atoms with Gasteiger partial charge in [-0.25, -0.2) is 4.98 Å². The highest BCUT2D eigenvalue weighted by molar-refractivity contribution is 5.82. The normalized spacial score (nSPS) is 16.9. The molecule has 0 aliphatic carbocycles. The molecule has 8 heteroatoms. The number of aromatic nitrogens is 2. The Kier molecular flexibility index (Phi) is 3.46. The monoisotopic (exact) mass is 251 g/mol. The van der Waals surface area contributed by atoms with E-state index in [0.29, 0.717) is 0 Å². The molecule has 0 amide bonds. The number of nitrogens with zero attached hydrogens (tertiary/aromatic N) is 3. The Morgan fingerprint density at radius 2 is 2.12 bits per heavy atom. The molecule has 5 nitrogen and oxygen atoms in total. The maximum Gasteiger partial charge on any atom is 0.424 e. The molecule has 0 fully saturated rings. The highest BCUT2D eigenvalue weighted by Crippen LogP contribution is 2.40. The first-order valence-electron chi connectivity index (χ1n) is 4.67. The van der Waals surface area contributed by atoms with E-state index in [4.69, 9.17) is 5.21 Å². The number of imidazole rings is 1. The van der Waals surface area contributed by atoms with Crippen molar-refractivity contribution in [3.05, 3.63) is 18.2 Å². The van der Waals surface area contributed by atoms with Gasteiger partial charge < -0.3 is 14.9 Å². The Labute approximate surface area is 95.2 Å². The van der Waals surface area contributed by atoms with Crippen molar-refractivity contribution in [2.24, 2.45) is 12.2 Å². The third kappa shape index (κ3) is 2.41. The number of aryl methyl sites for hydroxylation is 1. The van der Waals surface area contributed by atoms with Crippen LogP contribution in [0.3, 0.4) is 0 Å². The summed E-state index contributed by atoms with van der Waals surface area (Å²) in [6, 6.07) is 0. The SMILES string of the molecule is CC(CC(O)(c1nccn1C)C(F)(F)F)=NO. The van der Waals surface area contributed by atoms with Gasteiger partial charge in [-0.15, -0.1) is 0 Å². The van der Waals surface area contributed by atoms with E-state index in [0.717, 1.165) is 10.8 Å². The van der Waals surface area contributed by atoms with Crippen LogP contribution in [0.5, 0.6) is 0 Å². The summed E-state index contributed by atoms with van der Waals surface area (Å²) >= 11 is 0. The van der Waals surface area contributed by atoms with Crippen LogP contribution in [0.25, 0.3) is 0 Å². The molecule has 96 valence electrons. The Balaban J connectivity index is 3.26. The third-order valence-corrected chi connectivity index (χ3v) is 2.34. The fourth-order valence-corrected chi connectivity index (χ4v) is 1.48. The van der Waals surface area contributed by atoms with E-state index in [-0.39, 0.29) is 5.71 Å². The fourth-order valence-electron chi connectivity index (χ4n) is 1.48. The van der Waals surface area contributed by atoms with Crippen LogP contribution in [0.1, 0.15) is 19.2 Å². The maximum absolute atomic E-state index is 12.9. The second-order valence-corrected chi connectivity index (χ2v) is 3.73. The van der Waals surface area contributed by atoms with Gasteiger partial charge in [0.05, 0.1) is 5.71 Å². The van der Waals surface area contributed by atoms with Crippen LogP contribution in [0.15, 0.2) is 17.5 Å². The van der Waals surface area contributed by atoms with Crippen molar-refractivity contribution in [1.82, 2.24) is 9.55 Å². The van der Waals surface area contributed by atoms with Gasteiger partial charge in [-0.05, 0) is 6.92 Å². The van der Waals surface area contributed by atoms with Gasteiger partial charge in [-0.1, -0.05) is 5.16 Å². The van der Waals surface area contributed by atoms with Crippen molar-refractivity contribution in [2.75, 3.05) is 0 Å². The van der Waals surface area contributed by atoms with Crippen molar-refractivity contribution in [1.29, 1.82) is 0 Å². The molecule has 0 aliphatic rings. The quantitative estimate of drug-likeness (QED) is 0.484. The summed E-state index contributed by atoms with van der Waals surface area (Å²) in [4.78, 5) is 3.50. The van der Waals surface area contributed by atoms with Crippen molar-refractivity contribution >= 4 is 5.71 Å². The van der Waals surface area contributed by atoms with Gasteiger partial charge in [-0.3, -0.25) is 0 Å². The molecule has 1 atom stereocenters. The summed E-state index contributed by atoms with van der Waals surface area (Å²) in [7, 11) is 1.34. The first-order valence-corrected chi connectivity index (χ1v) is 4.67. The van der Waals surface area contributed by atoms with E-state index in [9.17, 15) is 18.3 Å². The lowest BCUT2D eigenvalue weighted by Gasteiger charge is -2.29. The summed E-state index contributed by atoms with van der Waals surface area (Å²) in [6.07, 6.45) is -3.36. The second-order valence-electron chi connectivity index (χ2n) is 3.73. The molecule has 17 heavy (non-hydrogen) atoms. The predicted octanol–water partition coefficient (Wildman–Crippen LogP) is 1.41. The molecule has 0 bridgehead atoms. The molecule has 0 saturated heterocycles. The summed E-state index contributed by atoms with van der Waals surface area (Å²) in [5.74, 6) is -0.548. The molecule has 1 heterocycles. The van der Waals surface area contributed by atoms with Gasteiger partial charge in [0.2, 0.25) is 5.60 Å². The largest absolute Gasteiger partial charge is 0.424 e. The number of hydrogen-bond donors (Lipinski definition) is 2. The zero-order chi connectivity index (χ0) is 13.3.